The lowest BCUT2D eigenvalue weighted by molar-refractivity contribution is -0.288. The van der Waals surface area contributed by atoms with Gasteiger partial charge in [-0.1, -0.05) is 71.8 Å². The molecule has 0 N–H and O–H groups in total. The van der Waals surface area contributed by atoms with Gasteiger partial charge in [0.05, 0.1) is 0 Å². The SMILES string of the molecule is Cc1ccc(OCc2ccc(C(c3ccc(Oc4ccc(C)cc4)cc3)(C(F)(F)F)C(F)(F)F)cc2)cc1. The number of halogens is 6. The molecule has 0 amide bonds. The maximum atomic E-state index is 14.5. The minimum Gasteiger partial charge on any atom is -0.489 e. The van der Waals surface area contributed by atoms with E-state index in [0.717, 1.165) is 47.5 Å². The molecule has 0 atom stereocenters. The van der Waals surface area contributed by atoms with Crippen LogP contribution in [0.25, 0.3) is 0 Å². The second kappa shape index (κ2) is 10.4. The van der Waals surface area contributed by atoms with Gasteiger partial charge in [-0.2, -0.15) is 26.3 Å². The quantitative estimate of drug-likeness (QED) is 0.222. The summed E-state index contributed by atoms with van der Waals surface area (Å²) in [4.78, 5) is 0. The summed E-state index contributed by atoms with van der Waals surface area (Å²) in [7, 11) is 0. The van der Waals surface area contributed by atoms with Gasteiger partial charge in [0.2, 0.25) is 5.41 Å². The second-order valence-corrected chi connectivity index (χ2v) is 8.98. The van der Waals surface area contributed by atoms with Crippen molar-refractivity contribution in [3.63, 3.8) is 0 Å². The van der Waals surface area contributed by atoms with E-state index >= 15 is 0 Å². The molecule has 0 aliphatic heterocycles. The Hall–Kier alpha value is -3.94. The summed E-state index contributed by atoms with van der Waals surface area (Å²) in [5.41, 5.74) is -3.72. The van der Waals surface area contributed by atoms with Gasteiger partial charge in [-0.25, -0.2) is 0 Å². The molecule has 4 aromatic carbocycles. The first-order chi connectivity index (χ1) is 17.9. The van der Waals surface area contributed by atoms with Crippen molar-refractivity contribution in [2.45, 2.75) is 38.2 Å². The predicted molar refractivity (Wildman–Crippen MR) is 133 cm³/mol. The summed E-state index contributed by atoms with van der Waals surface area (Å²) in [6, 6.07) is 21.9. The second-order valence-electron chi connectivity index (χ2n) is 8.98. The Labute approximate surface area is 216 Å². The fraction of sp³-hybridized carbons (Fsp3) is 0.200. The highest BCUT2D eigenvalue weighted by Crippen LogP contribution is 2.56. The van der Waals surface area contributed by atoms with Crippen LogP contribution in [-0.2, 0) is 12.0 Å². The first kappa shape index (κ1) is 27.1. The van der Waals surface area contributed by atoms with Crippen LogP contribution in [0.2, 0.25) is 0 Å². The highest BCUT2D eigenvalue weighted by atomic mass is 19.4. The molecule has 0 fully saturated rings. The Morgan fingerprint density at radius 1 is 0.500 bits per heavy atom. The Bertz CT molecular complexity index is 1330. The fourth-order valence-electron chi connectivity index (χ4n) is 4.15. The van der Waals surface area contributed by atoms with Crippen molar-refractivity contribution >= 4 is 0 Å². The highest BCUT2D eigenvalue weighted by molar-refractivity contribution is 5.47. The molecule has 0 spiro atoms. The van der Waals surface area contributed by atoms with Crippen LogP contribution in [-0.4, -0.2) is 12.4 Å². The van der Waals surface area contributed by atoms with Crippen LogP contribution in [0, 0.1) is 13.8 Å². The summed E-state index contributed by atoms with van der Waals surface area (Å²) < 4.78 is 97.9. The fourth-order valence-corrected chi connectivity index (χ4v) is 4.15. The summed E-state index contributed by atoms with van der Waals surface area (Å²) >= 11 is 0. The molecule has 0 radical (unpaired) electrons. The van der Waals surface area contributed by atoms with E-state index in [-0.39, 0.29) is 12.4 Å². The van der Waals surface area contributed by atoms with Crippen molar-refractivity contribution in [2.75, 3.05) is 0 Å². The Kier molecular flexibility index (Phi) is 7.44. The first-order valence-electron chi connectivity index (χ1n) is 11.7. The lowest BCUT2D eigenvalue weighted by atomic mass is 9.72. The van der Waals surface area contributed by atoms with Crippen molar-refractivity contribution in [3.8, 4) is 17.2 Å². The van der Waals surface area contributed by atoms with Gasteiger partial charge in [0, 0.05) is 0 Å². The minimum atomic E-state index is -5.68. The van der Waals surface area contributed by atoms with Crippen LogP contribution in [0.1, 0.15) is 27.8 Å². The molecule has 4 rings (SSSR count). The molecular formula is C30H24F6O2. The molecule has 8 heteroatoms. The maximum Gasteiger partial charge on any atom is 0.411 e. The standard InChI is InChI=1S/C30H24F6O2/c1-20-3-13-25(14-4-20)37-19-22-7-9-23(10-8-22)28(29(31,32)33,30(34,35)36)24-11-17-27(18-12-24)38-26-15-5-21(2)6-16-26/h3-18H,19H2,1-2H3. The van der Waals surface area contributed by atoms with E-state index < -0.39 is 28.9 Å². The predicted octanol–water partition coefficient (Wildman–Crippen LogP) is 9.09. The lowest BCUT2D eigenvalue weighted by Gasteiger charge is -2.38. The summed E-state index contributed by atoms with van der Waals surface area (Å²) in [6.07, 6.45) is -11.4. The molecular weight excluding hydrogens is 506 g/mol. The van der Waals surface area contributed by atoms with E-state index in [0.29, 0.717) is 17.1 Å². The average molecular weight is 531 g/mol. The van der Waals surface area contributed by atoms with Crippen molar-refractivity contribution in [1.82, 2.24) is 0 Å². The largest absolute Gasteiger partial charge is 0.489 e. The molecule has 0 unspecified atom stereocenters. The number of benzene rings is 4. The van der Waals surface area contributed by atoms with Gasteiger partial charge >= 0.3 is 12.4 Å². The number of hydrogen-bond acceptors (Lipinski definition) is 2. The number of alkyl halides is 6. The molecule has 0 aromatic heterocycles. The molecule has 0 saturated carbocycles. The number of aryl methyl sites for hydroxylation is 2. The number of rotatable bonds is 7. The van der Waals surface area contributed by atoms with Gasteiger partial charge in [-0.15, -0.1) is 0 Å². The Morgan fingerprint density at radius 2 is 0.868 bits per heavy atom. The van der Waals surface area contributed by atoms with Crippen molar-refractivity contribution in [3.05, 3.63) is 125 Å². The molecule has 0 bridgehead atoms. The minimum absolute atomic E-state index is 0.0145. The molecule has 198 valence electrons. The average Bonchev–Trinajstić information content (AvgIpc) is 2.85. The molecule has 0 aliphatic carbocycles. The van der Waals surface area contributed by atoms with Crippen molar-refractivity contribution in [2.24, 2.45) is 0 Å². The van der Waals surface area contributed by atoms with Crippen LogP contribution in [0.3, 0.4) is 0 Å². The van der Waals surface area contributed by atoms with Crippen LogP contribution in [0.4, 0.5) is 26.3 Å². The van der Waals surface area contributed by atoms with E-state index in [1.165, 1.54) is 12.1 Å². The third kappa shape index (κ3) is 5.49. The van der Waals surface area contributed by atoms with Gasteiger partial charge in [0.1, 0.15) is 23.9 Å². The van der Waals surface area contributed by atoms with Crippen molar-refractivity contribution in [1.29, 1.82) is 0 Å². The third-order valence-corrected chi connectivity index (χ3v) is 6.21. The van der Waals surface area contributed by atoms with E-state index in [1.807, 2.05) is 26.0 Å². The van der Waals surface area contributed by atoms with Gasteiger partial charge < -0.3 is 9.47 Å². The summed E-state index contributed by atoms with van der Waals surface area (Å²) in [5.74, 6) is 1.05. The van der Waals surface area contributed by atoms with Gasteiger partial charge in [-0.05, 0) is 66.9 Å². The van der Waals surface area contributed by atoms with E-state index in [1.54, 1.807) is 36.4 Å². The van der Waals surface area contributed by atoms with E-state index in [4.69, 9.17) is 9.47 Å². The monoisotopic (exact) mass is 530 g/mol. The molecule has 2 nitrogen and oxygen atoms in total. The lowest BCUT2D eigenvalue weighted by Crippen LogP contribution is -2.54. The van der Waals surface area contributed by atoms with Crippen LogP contribution in [0.15, 0.2) is 97.1 Å². The molecule has 0 saturated heterocycles. The summed E-state index contributed by atoms with van der Waals surface area (Å²) in [6.45, 7) is 3.76. The normalized spacial score (nSPS) is 12.3. The van der Waals surface area contributed by atoms with Gasteiger partial charge in [0.15, 0.2) is 0 Å². The Balaban J connectivity index is 1.66. The van der Waals surface area contributed by atoms with E-state index in [2.05, 4.69) is 0 Å². The van der Waals surface area contributed by atoms with Gasteiger partial charge in [0.25, 0.3) is 0 Å². The zero-order valence-corrected chi connectivity index (χ0v) is 20.5. The molecule has 0 aliphatic rings. The first-order valence-corrected chi connectivity index (χ1v) is 11.7. The van der Waals surface area contributed by atoms with Crippen LogP contribution in [0.5, 0.6) is 17.2 Å². The number of ether oxygens (including phenoxy) is 2. The van der Waals surface area contributed by atoms with Gasteiger partial charge in [-0.3, -0.25) is 0 Å². The zero-order valence-electron chi connectivity index (χ0n) is 20.5. The smallest absolute Gasteiger partial charge is 0.411 e. The number of hydrogen-bond donors (Lipinski definition) is 0. The van der Waals surface area contributed by atoms with E-state index in [9.17, 15) is 26.3 Å². The molecule has 4 aromatic rings. The Morgan fingerprint density at radius 3 is 1.29 bits per heavy atom. The zero-order chi connectivity index (χ0) is 27.6. The molecule has 38 heavy (non-hydrogen) atoms. The topological polar surface area (TPSA) is 18.5 Å². The summed E-state index contributed by atoms with van der Waals surface area (Å²) in [5, 5.41) is 0. The van der Waals surface area contributed by atoms with Crippen LogP contribution < -0.4 is 9.47 Å². The maximum absolute atomic E-state index is 14.5. The molecule has 0 heterocycles. The third-order valence-electron chi connectivity index (χ3n) is 6.21. The van der Waals surface area contributed by atoms with Crippen molar-refractivity contribution < 1.29 is 35.8 Å². The highest BCUT2D eigenvalue weighted by Gasteiger charge is 2.72. The van der Waals surface area contributed by atoms with Crippen LogP contribution >= 0.6 is 0 Å².